The molecule has 0 fully saturated rings. The van der Waals surface area contributed by atoms with Crippen molar-refractivity contribution in [2.45, 2.75) is 0 Å². The zero-order valence-electron chi connectivity index (χ0n) is 31.2. The molecule has 0 unspecified atom stereocenters. The molecule has 11 rings (SSSR count). The number of anilines is 3. The minimum atomic E-state index is 1.10. The molecule has 0 bridgehead atoms. The van der Waals surface area contributed by atoms with Crippen molar-refractivity contribution in [2.24, 2.45) is 0 Å². The van der Waals surface area contributed by atoms with E-state index in [-0.39, 0.29) is 0 Å². The van der Waals surface area contributed by atoms with Crippen LogP contribution in [0.1, 0.15) is 0 Å². The van der Waals surface area contributed by atoms with Crippen molar-refractivity contribution >= 4 is 60.7 Å². The lowest BCUT2D eigenvalue weighted by molar-refractivity contribution is 1.18. The van der Waals surface area contributed by atoms with Crippen LogP contribution in [0.5, 0.6) is 0 Å². The summed E-state index contributed by atoms with van der Waals surface area (Å²) in [5, 5.41) is 5.07. The highest BCUT2D eigenvalue weighted by Crippen LogP contribution is 2.39. The van der Waals surface area contributed by atoms with Crippen molar-refractivity contribution in [3.05, 3.63) is 224 Å². The minimum absolute atomic E-state index is 1.10. The number of para-hydroxylation sites is 5. The largest absolute Gasteiger partial charge is 0.311 e. The standard InChI is InChI=1S/C54H37N3/c1-3-13-42(14-4-1)55(44-30-23-38(24-31-44)39-25-34-46(35-26-39)56-51-20-10-7-17-47(51)48-18-8-11-21-52(48)56)45-32-27-40(28-33-45)41-29-36-50-49-19-9-12-22-53(49)57(54(50)37-41)43-15-5-2-6-16-43/h1-37H. The Kier molecular flexibility index (Phi) is 7.82. The quantitative estimate of drug-likeness (QED) is 0.159. The average molecular weight is 728 g/mol. The number of aromatic nitrogens is 2. The monoisotopic (exact) mass is 727 g/mol. The average Bonchev–Trinajstić information content (AvgIpc) is 3.80. The normalized spacial score (nSPS) is 11.5. The van der Waals surface area contributed by atoms with Crippen molar-refractivity contribution in [2.75, 3.05) is 4.90 Å². The summed E-state index contributed by atoms with van der Waals surface area (Å²) in [6, 6.07) is 81.0. The molecule has 0 aliphatic heterocycles. The van der Waals surface area contributed by atoms with E-state index in [1.165, 1.54) is 65.9 Å². The number of rotatable bonds is 7. The van der Waals surface area contributed by atoms with Gasteiger partial charge in [0.05, 0.1) is 22.1 Å². The van der Waals surface area contributed by atoms with Gasteiger partial charge >= 0.3 is 0 Å². The van der Waals surface area contributed by atoms with E-state index in [1.807, 2.05) is 0 Å². The highest BCUT2D eigenvalue weighted by molar-refractivity contribution is 6.11. The van der Waals surface area contributed by atoms with Crippen molar-refractivity contribution in [3.8, 4) is 33.6 Å². The van der Waals surface area contributed by atoms with Gasteiger partial charge in [0.25, 0.3) is 0 Å². The summed E-state index contributed by atoms with van der Waals surface area (Å²) in [7, 11) is 0. The van der Waals surface area contributed by atoms with Gasteiger partial charge in [-0.3, -0.25) is 0 Å². The summed E-state index contributed by atoms with van der Waals surface area (Å²) in [6.45, 7) is 0. The summed E-state index contributed by atoms with van der Waals surface area (Å²) in [6.07, 6.45) is 0. The molecule has 2 aromatic heterocycles. The zero-order chi connectivity index (χ0) is 37.7. The number of benzene rings is 9. The first-order valence-corrected chi connectivity index (χ1v) is 19.5. The van der Waals surface area contributed by atoms with Crippen LogP contribution in [-0.4, -0.2) is 9.13 Å². The van der Waals surface area contributed by atoms with E-state index in [4.69, 9.17) is 0 Å². The third kappa shape index (κ3) is 5.60. The lowest BCUT2D eigenvalue weighted by atomic mass is 10.0. The van der Waals surface area contributed by atoms with Crippen molar-refractivity contribution < 1.29 is 0 Å². The highest BCUT2D eigenvalue weighted by atomic mass is 15.1. The smallest absolute Gasteiger partial charge is 0.0547 e. The molecule has 0 aliphatic carbocycles. The number of nitrogens with zero attached hydrogens (tertiary/aromatic N) is 3. The second-order valence-electron chi connectivity index (χ2n) is 14.6. The first-order valence-electron chi connectivity index (χ1n) is 19.5. The van der Waals surface area contributed by atoms with Gasteiger partial charge in [-0.15, -0.1) is 0 Å². The maximum absolute atomic E-state index is 2.38. The molecule has 9 aromatic carbocycles. The Labute approximate surface area is 331 Å². The summed E-state index contributed by atoms with van der Waals surface area (Å²) < 4.78 is 4.74. The third-order valence-corrected chi connectivity index (χ3v) is 11.3. The Morgan fingerprint density at radius 1 is 0.246 bits per heavy atom. The molecular formula is C54H37N3. The molecule has 0 amide bonds. The number of fused-ring (bicyclic) bond motifs is 6. The van der Waals surface area contributed by atoms with Crippen LogP contribution in [-0.2, 0) is 0 Å². The number of hydrogen-bond acceptors (Lipinski definition) is 1. The van der Waals surface area contributed by atoms with Crippen LogP contribution < -0.4 is 4.90 Å². The van der Waals surface area contributed by atoms with Gasteiger partial charge in [0, 0.05) is 50.0 Å². The van der Waals surface area contributed by atoms with Gasteiger partial charge < -0.3 is 14.0 Å². The second kappa shape index (κ2) is 13.6. The third-order valence-electron chi connectivity index (χ3n) is 11.3. The van der Waals surface area contributed by atoms with E-state index in [0.29, 0.717) is 0 Å². The van der Waals surface area contributed by atoms with Gasteiger partial charge in [-0.1, -0.05) is 140 Å². The number of hydrogen-bond donors (Lipinski definition) is 0. The molecule has 3 heteroatoms. The highest BCUT2D eigenvalue weighted by Gasteiger charge is 2.16. The van der Waals surface area contributed by atoms with Gasteiger partial charge in [-0.05, 0) is 107 Å². The van der Waals surface area contributed by atoms with Gasteiger partial charge in [-0.2, -0.15) is 0 Å². The summed E-state index contributed by atoms with van der Waals surface area (Å²) >= 11 is 0. The Morgan fingerprint density at radius 2 is 0.596 bits per heavy atom. The summed E-state index contributed by atoms with van der Waals surface area (Å²) in [5.74, 6) is 0. The Bertz CT molecular complexity index is 3140. The fourth-order valence-corrected chi connectivity index (χ4v) is 8.64. The Hall–Kier alpha value is -7.62. The van der Waals surface area contributed by atoms with E-state index >= 15 is 0 Å². The minimum Gasteiger partial charge on any atom is -0.311 e. The van der Waals surface area contributed by atoms with Gasteiger partial charge in [-0.25, -0.2) is 0 Å². The van der Waals surface area contributed by atoms with Crippen LogP contribution in [0, 0.1) is 0 Å². The van der Waals surface area contributed by atoms with Crippen molar-refractivity contribution in [3.63, 3.8) is 0 Å². The molecule has 57 heavy (non-hydrogen) atoms. The maximum atomic E-state index is 2.38. The van der Waals surface area contributed by atoms with Crippen LogP contribution in [0.4, 0.5) is 17.1 Å². The SMILES string of the molecule is c1ccc(N(c2ccc(-c3ccc(-n4c5ccccc5c5ccccc54)cc3)cc2)c2ccc(-c3ccc4c5ccccc5n(-c5ccccc5)c4c3)cc2)cc1. The lowest BCUT2D eigenvalue weighted by Gasteiger charge is -2.26. The molecule has 0 aliphatic rings. The summed E-state index contributed by atoms with van der Waals surface area (Å²) in [4.78, 5) is 2.33. The molecule has 0 N–H and O–H groups in total. The molecule has 0 spiro atoms. The Morgan fingerprint density at radius 3 is 1.12 bits per heavy atom. The molecule has 268 valence electrons. The van der Waals surface area contributed by atoms with E-state index in [1.54, 1.807) is 0 Å². The molecule has 11 aromatic rings. The molecule has 0 atom stereocenters. The molecule has 0 saturated heterocycles. The fraction of sp³-hybridized carbons (Fsp3) is 0. The van der Waals surface area contributed by atoms with Gasteiger partial charge in [0.1, 0.15) is 0 Å². The molecule has 2 heterocycles. The van der Waals surface area contributed by atoms with E-state index in [2.05, 4.69) is 238 Å². The van der Waals surface area contributed by atoms with Crippen LogP contribution in [0.3, 0.4) is 0 Å². The molecule has 0 radical (unpaired) electrons. The predicted molar refractivity (Wildman–Crippen MR) is 241 cm³/mol. The van der Waals surface area contributed by atoms with E-state index < -0.39 is 0 Å². The van der Waals surface area contributed by atoms with Crippen LogP contribution in [0.15, 0.2) is 224 Å². The first-order chi connectivity index (χ1) is 28.3. The van der Waals surface area contributed by atoms with Crippen LogP contribution >= 0.6 is 0 Å². The molecular weight excluding hydrogens is 691 g/mol. The molecule has 0 saturated carbocycles. The van der Waals surface area contributed by atoms with Gasteiger partial charge in [0.15, 0.2) is 0 Å². The second-order valence-corrected chi connectivity index (χ2v) is 14.6. The lowest BCUT2D eigenvalue weighted by Crippen LogP contribution is -2.09. The van der Waals surface area contributed by atoms with Crippen molar-refractivity contribution in [1.29, 1.82) is 0 Å². The first kappa shape index (κ1) is 32.8. The Balaban J connectivity index is 0.920. The fourth-order valence-electron chi connectivity index (χ4n) is 8.64. The molecule has 3 nitrogen and oxygen atoms in total. The topological polar surface area (TPSA) is 13.1 Å². The van der Waals surface area contributed by atoms with Gasteiger partial charge in [0.2, 0.25) is 0 Å². The van der Waals surface area contributed by atoms with E-state index in [9.17, 15) is 0 Å². The van der Waals surface area contributed by atoms with Crippen LogP contribution in [0.25, 0.3) is 77.2 Å². The van der Waals surface area contributed by atoms with Crippen LogP contribution in [0.2, 0.25) is 0 Å². The zero-order valence-corrected chi connectivity index (χ0v) is 31.2. The maximum Gasteiger partial charge on any atom is 0.0547 e. The predicted octanol–water partition coefficient (Wildman–Crippen LogP) is 14.7. The van der Waals surface area contributed by atoms with Crippen molar-refractivity contribution in [1.82, 2.24) is 9.13 Å². The summed E-state index contributed by atoms with van der Waals surface area (Å²) in [5.41, 5.74) is 15.2. The van der Waals surface area contributed by atoms with E-state index in [0.717, 1.165) is 28.4 Å².